The van der Waals surface area contributed by atoms with Gasteiger partial charge in [-0.1, -0.05) is 56.3 Å². The van der Waals surface area contributed by atoms with Crippen molar-refractivity contribution in [3.8, 4) is 0 Å². The van der Waals surface area contributed by atoms with Crippen molar-refractivity contribution in [3.05, 3.63) is 48.0 Å². The third-order valence-electron chi connectivity index (χ3n) is 2.83. The number of amides is 1. The normalized spacial score (nSPS) is 10.9. The molecule has 0 aliphatic rings. The average Bonchev–Trinajstić information content (AvgIpc) is 2.39. The standard InChI is InChI=1S/C16H19NO2/c1-12(2)11-19-17-16(18)10-14-8-5-7-13-6-3-4-9-15(13)14/h3-9,12H,10-11H2,1-2H3,(H,17,18). The first-order valence-corrected chi connectivity index (χ1v) is 6.54. The van der Waals surface area contributed by atoms with E-state index in [4.69, 9.17) is 4.84 Å². The Labute approximate surface area is 113 Å². The van der Waals surface area contributed by atoms with E-state index < -0.39 is 0 Å². The third kappa shape index (κ3) is 3.80. The van der Waals surface area contributed by atoms with Gasteiger partial charge in [0.25, 0.3) is 0 Å². The van der Waals surface area contributed by atoms with Gasteiger partial charge in [-0.2, -0.15) is 0 Å². The highest BCUT2D eigenvalue weighted by molar-refractivity contribution is 5.89. The second-order valence-electron chi connectivity index (χ2n) is 5.05. The summed E-state index contributed by atoms with van der Waals surface area (Å²) < 4.78 is 0. The number of carbonyl (C=O) groups excluding carboxylic acids is 1. The average molecular weight is 257 g/mol. The highest BCUT2D eigenvalue weighted by atomic mass is 16.6. The summed E-state index contributed by atoms with van der Waals surface area (Å²) in [5.74, 6) is 0.287. The molecule has 1 amide bonds. The molecule has 0 heterocycles. The molecule has 0 unspecified atom stereocenters. The summed E-state index contributed by atoms with van der Waals surface area (Å²) in [6.45, 7) is 4.61. The van der Waals surface area contributed by atoms with Crippen molar-refractivity contribution in [2.45, 2.75) is 20.3 Å². The van der Waals surface area contributed by atoms with Gasteiger partial charge in [0.1, 0.15) is 0 Å². The number of hydrogen-bond donors (Lipinski definition) is 1. The van der Waals surface area contributed by atoms with Crippen molar-refractivity contribution in [2.24, 2.45) is 5.92 Å². The fourth-order valence-corrected chi connectivity index (χ4v) is 1.94. The summed E-state index contributed by atoms with van der Waals surface area (Å²) >= 11 is 0. The molecular formula is C16H19NO2. The quantitative estimate of drug-likeness (QED) is 0.836. The van der Waals surface area contributed by atoms with E-state index in [-0.39, 0.29) is 5.91 Å². The lowest BCUT2D eigenvalue weighted by Gasteiger charge is -2.09. The van der Waals surface area contributed by atoms with Crippen molar-refractivity contribution in [3.63, 3.8) is 0 Å². The number of hydrogen-bond acceptors (Lipinski definition) is 2. The lowest BCUT2D eigenvalue weighted by molar-refractivity contribution is -0.133. The Hall–Kier alpha value is -1.87. The number of benzene rings is 2. The SMILES string of the molecule is CC(C)CONC(=O)Cc1cccc2ccccc12. The summed E-state index contributed by atoms with van der Waals surface area (Å²) in [5, 5.41) is 2.26. The van der Waals surface area contributed by atoms with Crippen LogP contribution < -0.4 is 5.48 Å². The first-order chi connectivity index (χ1) is 9.16. The van der Waals surface area contributed by atoms with E-state index in [2.05, 4.69) is 5.48 Å². The molecule has 0 aromatic heterocycles. The molecule has 0 aliphatic heterocycles. The van der Waals surface area contributed by atoms with E-state index >= 15 is 0 Å². The Bertz CT molecular complexity index is 558. The monoisotopic (exact) mass is 257 g/mol. The largest absolute Gasteiger partial charge is 0.273 e. The van der Waals surface area contributed by atoms with Gasteiger partial charge in [-0.25, -0.2) is 5.48 Å². The van der Waals surface area contributed by atoms with Crippen LogP contribution in [0.3, 0.4) is 0 Å². The van der Waals surface area contributed by atoms with Gasteiger partial charge in [0, 0.05) is 0 Å². The molecule has 3 nitrogen and oxygen atoms in total. The molecule has 2 rings (SSSR count). The van der Waals surface area contributed by atoms with Crippen LogP contribution in [0.1, 0.15) is 19.4 Å². The lowest BCUT2D eigenvalue weighted by Crippen LogP contribution is -2.27. The molecule has 100 valence electrons. The Morgan fingerprint density at radius 3 is 2.68 bits per heavy atom. The second-order valence-corrected chi connectivity index (χ2v) is 5.05. The molecule has 2 aromatic rings. The van der Waals surface area contributed by atoms with Crippen LogP contribution in [-0.2, 0) is 16.1 Å². The maximum atomic E-state index is 11.8. The molecule has 0 saturated carbocycles. The van der Waals surface area contributed by atoms with Gasteiger partial charge in [-0.15, -0.1) is 0 Å². The highest BCUT2D eigenvalue weighted by Gasteiger charge is 2.07. The Morgan fingerprint density at radius 2 is 1.89 bits per heavy atom. The topological polar surface area (TPSA) is 38.3 Å². The zero-order valence-electron chi connectivity index (χ0n) is 11.3. The van der Waals surface area contributed by atoms with Crippen LogP contribution in [-0.4, -0.2) is 12.5 Å². The summed E-state index contributed by atoms with van der Waals surface area (Å²) in [7, 11) is 0. The molecule has 0 saturated heterocycles. The van der Waals surface area contributed by atoms with Gasteiger partial charge in [0.15, 0.2) is 0 Å². The van der Waals surface area contributed by atoms with Crippen LogP contribution in [0.4, 0.5) is 0 Å². The smallest absolute Gasteiger partial charge is 0.247 e. The molecule has 3 heteroatoms. The third-order valence-corrected chi connectivity index (χ3v) is 2.83. The maximum Gasteiger partial charge on any atom is 0.247 e. The Balaban J connectivity index is 2.03. The van der Waals surface area contributed by atoms with E-state index in [9.17, 15) is 4.79 Å². The molecular weight excluding hydrogens is 238 g/mol. The Morgan fingerprint density at radius 1 is 1.16 bits per heavy atom. The second kappa shape index (κ2) is 6.34. The first-order valence-electron chi connectivity index (χ1n) is 6.54. The van der Waals surface area contributed by atoms with Gasteiger partial charge in [-0.3, -0.25) is 9.63 Å². The minimum Gasteiger partial charge on any atom is -0.273 e. The summed E-state index contributed by atoms with van der Waals surface area (Å²) in [6.07, 6.45) is 0.333. The highest BCUT2D eigenvalue weighted by Crippen LogP contribution is 2.18. The van der Waals surface area contributed by atoms with Crippen LogP contribution in [0.25, 0.3) is 10.8 Å². The molecule has 2 aromatic carbocycles. The molecule has 0 fully saturated rings. The predicted molar refractivity (Wildman–Crippen MR) is 76.6 cm³/mol. The minimum absolute atomic E-state index is 0.114. The predicted octanol–water partition coefficient (Wildman–Crippen LogP) is 3.09. The van der Waals surface area contributed by atoms with Crippen LogP contribution in [0, 0.1) is 5.92 Å². The van der Waals surface area contributed by atoms with Crippen molar-refractivity contribution in [1.82, 2.24) is 5.48 Å². The van der Waals surface area contributed by atoms with Crippen LogP contribution in [0.5, 0.6) is 0 Å². The van der Waals surface area contributed by atoms with Crippen molar-refractivity contribution >= 4 is 16.7 Å². The molecule has 1 N–H and O–H groups in total. The number of rotatable bonds is 5. The molecule has 0 bridgehead atoms. The van der Waals surface area contributed by atoms with E-state index in [0.29, 0.717) is 18.9 Å². The Kier molecular flexibility index (Phi) is 4.53. The minimum atomic E-state index is -0.114. The van der Waals surface area contributed by atoms with Crippen LogP contribution >= 0.6 is 0 Å². The summed E-state index contributed by atoms with van der Waals surface area (Å²) in [6, 6.07) is 14.1. The number of nitrogens with one attached hydrogen (secondary N) is 1. The van der Waals surface area contributed by atoms with Gasteiger partial charge < -0.3 is 0 Å². The first kappa shape index (κ1) is 13.6. The van der Waals surface area contributed by atoms with Gasteiger partial charge in [0.2, 0.25) is 5.91 Å². The van der Waals surface area contributed by atoms with Crippen molar-refractivity contribution in [1.29, 1.82) is 0 Å². The fraction of sp³-hybridized carbons (Fsp3) is 0.312. The van der Waals surface area contributed by atoms with Crippen LogP contribution in [0.2, 0.25) is 0 Å². The zero-order chi connectivity index (χ0) is 13.7. The molecule has 0 radical (unpaired) electrons. The number of hydroxylamine groups is 1. The van der Waals surface area contributed by atoms with Gasteiger partial charge >= 0.3 is 0 Å². The molecule has 19 heavy (non-hydrogen) atoms. The molecule has 0 aliphatic carbocycles. The lowest BCUT2D eigenvalue weighted by atomic mass is 10.0. The fourth-order valence-electron chi connectivity index (χ4n) is 1.94. The van der Waals surface area contributed by atoms with Gasteiger partial charge in [0.05, 0.1) is 13.0 Å². The number of fused-ring (bicyclic) bond motifs is 1. The van der Waals surface area contributed by atoms with E-state index in [1.165, 1.54) is 0 Å². The van der Waals surface area contributed by atoms with Gasteiger partial charge in [-0.05, 0) is 22.3 Å². The number of carbonyl (C=O) groups is 1. The maximum absolute atomic E-state index is 11.8. The van der Waals surface area contributed by atoms with E-state index in [0.717, 1.165) is 16.3 Å². The van der Waals surface area contributed by atoms with Crippen LogP contribution in [0.15, 0.2) is 42.5 Å². The summed E-state index contributed by atoms with van der Waals surface area (Å²) in [5.41, 5.74) is 3.51. The van der Waals surface area contributed by atoms with Crippen molar-refractivity contribution in [2.75, 3.05) is 6.61 Å². The summed E-state index contributed by atoms with van der Waals surface area (Å²) in [4.78, 5) is 16.9. The van der Waals surface area contributed by atoms with Crippen molar-refractivity contribution < 1.29 is 9.63 Å². The molecule has 0 atom stereocenters. The van der Waals surface area contributed by atoms with E-state index in [1.54, 1.807) is 0 Å². The zero-order valence-corrected chi connectivity index (χ0v) is 11.3. The molecule has 0 spiro atoms. The van der Waals surface area contributed by atoms with E-state index in [1.807, 2.05) is 56.3 Å².